The highest BCUT2D eigenvalue weighted by molar-refractivity contribution is 6.04. The minimum Gasteiger partial charge on any atom is -0.491 e. The largest absolute Gasteiger partial charge is 0.491 e. The van der Waals surface area contributed by atoms with Crippen molar-refractivity contribution in [1.82, 2.24) is 0 Å². The number of carbonyl (C=O) groups excluding carboxylic acids is 1. The van der Waals surface area contributed by atoms with Gasteiger partial charge in [0.15, 0.2) is 11.5 Å². The number of rotatable bonds is 8. The predicted octanol–water partition coefficient (Wildman–Crippen LogP) is 4.52. The summed E-state index contributed by atoms with van der Waals surface area (Å²) in [6.07, 6.45) is 0.112. The molecule has 5 nitrogen and oxygen atoms in total. The van der Waals surface area contributed by atoms with Gasteiger partial charge in [0, 0.05) is 11.3 Å². The van der Waals surface area contributed by atoms with E-state index in [4.69, 9.17) is 14.2 Å². The summed E-state index contributed by atoms with van der Waals surface area (Å²) in [7, 11) is 0. The molecule has 0 heterocycles. The van der Waals surface area contributed by atoms with Gasteiger partial charge in [-0.2, -0.15) is 0 Å². The standard InChI is InChI=1S/C20H25NO4/c1-5-23-18-12-7-15(13-19(18)24-6-2)20(22)21-16-8-10-17(11-9-16)25-14(3)4/h7-14H,5-6H2,1-4H3,(H,21,22). The van der Waals surface area contributed by atoms with E-state index in [9.17, 15) is 4.79 Å². The lowest BCUT2D eigenvalue weighted by atomic mass is 10.1. The highest BCUT2D eigenvalue weighted by atomic mass is 16.5. The Morgan fingerprint density at radius 3 is 2.20 bits per heavy atom. The summed E-state index contributed by atoms with van der Waals surface area (Å²) in [4.78, 5) is 12.5. The van der Waals surface area contributed by atoms with Crippen molar-refractivity contribution in [3.05, 3.63) is 48.0 Å². The number of carbonyl (C=O) groups is 1. The topological polar surface area (TPSA) is 56.8 Å². The Labute approximate surface area is 148 Å². The zero-order valence-corrected chi connectivity index (χ0v) is 15.2. The third-order valence-electron chi connectivity index (χ3n) is 3.29. The molecule has 134 valence electrons. The van der Waals surface area contributed by atoms with Crippen molar-refractivity contribution in [2.75, 3.05) is 18.5 Å². The summed E-state index contributed by atoms with van der Waals surface area (Å²) in [5.41, 5.74) is 1.21. The van der Waals surface area contributed by atoms with Crippen LogP contribution in [0.3, 0.4) is 0 Å². The van der Waals surface area contributed by atoms with Crippen molar-refractivity contribution in [2.24, 2.45) is 0 Å². The normalized spacial score (nSPS) is 10.4. The predicted molar refractivity (Wildman–Crippen MR) is 98.9 cm³/mol. The van der Waals surface area contributed by atoms with Crippen LogP contribution in [0.4, 0.5) is 5.69 Å². The average molecular weight is 343 g/mol. The second-order valence-electron chi connectivity index (χ2n) is 5.67. The van der Waals surface area contributed by atoms with Crippen molar-refractivity contribution in [3.8, 4) is 17.2 Å². The third kappa shape index (κ3) is 5.41. The Bertz CT molecular complexity index is 695. The molecule has 0 saturated heterocycles. The molecular weight excluding hydrogens is 318 g/mol. The van der Waals surface area contributed by atoms with E-state index in [0.29, 0.717) is 36.0 Å². The molecule has 0 aliphatic rings. The molecule has 0 radical (unpaired) electrons. The van der Waals surface area contributed by atoms with Crippen LogP contribution in [0.15, 0.2) is 42.5 Å². The van der Waals surface area contributed by atoms with Crippen LogP contribution in [0.1, 0.15) is 38.1 Å². The maximum atomic E-state index is 12.5. The minimum absolute atomic E-state index is 0.112. The van der Waals surface area contributed by atoms with E-state index in [1.165, 1.54) is 0 Å². The SMILES string of the molecule is CCOc1ccc(C(=O)Nc2ccc(OC(C)C)cc2)cc1OCC. The molecule has 0 aromatic heterocycles. The lowest BCUT2D eigenvalue weighted by Gasteiger charge is -2.13. The van der Waals surface area contributed by atoms with Gasteiger partial charge < -0.3 is 19.5 Å². The summed E-state index contributed by atoms with van der Waals surface area (Å²) in [5.74, 6) is 1.77. The fourth-order valence-electron chi connectivity index (χ4n) is 2.28. The van der Waals surface area contributed by atoms with Gasteiger partial charge in [0.1, 0.15) is 5.75 Å². The molecule has 2 rings (SSSR count). The fraction of sp³-hybridized carbons (Fsp3) is 0.350. The monoisotopic (exact) mass is 343 g/mol. The van der Waals surface area contributed by atoms with Crippen LogP contribution in [0.5, 0.6) is 17.2 Å². The highest BCUT2D eigenvalue weighted by Gasteiger charge is 2.12. The van der Waals surface area contributed by atoms with Crippen molar-refractivity contribution in [3.63, 3.8) is 0 Å². The van der Waals surface area contributed by atoms with E-state index < -0.39 is 0 Å². The van der Waals surface area contributed by atoms with E-state index in [0.717, 1.165) is 5.75 Å². The molecule has 25 heavy (non-hydrogen) atoms. The van der Waals surface area contributed by atoms with Gasteiger partial charge in [0.2, 0.25) is 0 Å². The molecule has 0 unspecified atom stereocenters. The van der Waals surface area contributed by atoms with Gasteiger partial charge in [-0.25, -0.2) is 0 Å². The van der Waals surface area contributed by atoms with Crippen LogP contribution in [0.2, 0.25) is 0 Å². The maximum absolute atomic E-state index is 12.5. The zero-order valence-electron chi connectivity index (χ0n) is 15.2. The molecule has 0 spiro atoms. The van der Waals surface area contributed by atoms with Gasteiger partial charge in [-0.1, -0.05) is 0 Å². The summed E-state index contributed by atoms with van der Waals surface area (Å²) in [5, 5.41) is 2.87. The Morgan fingerprint density at radius 1 is 0.960 bits per heavy atom. The molecule has 0 aliphatic carbocycles. The van der Waals surface area contributed by atoms with E-state index in [-0.39, 0.29) is 12.0 Å². The van der Waals surface area contributed by atoms with E-state index in [1.54, 1.807) is 18.2 Å². The molecule has 1 N–H and O–H groups in total. The zero-order chi connectivity index (χ0) is 18.2. The molecular formula is C20H25NO4. The van der Waals surface area contributed by atoms with Gasteiger partial charge in [0.05, 0.1) is 19.3 Å². The lowest BCUT2D eigenvalue weighted by Crippen LogP contribution is -2.12. The second kappa shape index (κ2) is 8.97. The van der Waals surface area contributed by atoms with Crippen molar-refractivity contribution in [2.45, 2.75) is 33.8 Å². The van der Waals surface area contributed by atoms with E-state index in [2.05, 4.69) is 5.32 Å². The molecule has 5 heteroatoms. The number of hydrogen-bond acceptors (Lipinski definition) is 4. The number of benzene rings is 2. The van der Waals surface area contributed by atoms with Gasteiger partial charge in [-0.3, -0.25) is 4.79 Å². The van der Waals surface area contributed by atoms with E-state index in [1.807, 2.05) is 52.0 Å². The number of amides is 1. The number of anilines is 1. The Kier molecular flexibility index (Phi) is 6.69. The second-order valence-corrected chi connectivity index (χ2v) is 5.67. The third-order valence-corrected chi connectivity index (χ3v) is 3.29. The Balaban J connectivity index is 2.10. The maximum Gasteiger partial charge on any atom is 0.255 e. The quantitative estimate of drug-likeness (QED) is 0.765. The highest BCUT2D eigenvalue weighted by Crippen LogP contribution is 2.29. The Morgan fingerprint density at radius 2 is 1.60 bits per heavy atom. The summed E-state index contributed by atoms with van der Waals surface area (Å²) in [6.45, 7) is 8.78. The first-order chi connectivity index (χ1) is 12.0. The summed E-state index contributed by atoms with van der Waals surface area (Å²) >= 11 is 0. The summed E-state index contributed by atoms with van der Waals surface area (Å²) < 4.78 is 16.7. The van der Waals surface area contributed by atoms with Crippen LogP contribution in [-0.4, -0.2) is 25.2 Å². The van der Waals surface area contributed by atoms with Gasteiger partial charge >= 0.3 is 0 Å². The molecule has 0 atom stereocenters. The molecule has 0 bridgehead atoms. The van der Waals surface area contributed by atoms with Crippen LogP contribution in [0, 0.1) is 0 Å². The molecule has 0 saturated carbocycles. The number of ether oxygens (including phenoxy) is 3. The van der Waals surface area contributed by atoms with Crippen LogP contribution >= 0.6 is 0 Å². The average Bonchev–Trinajstić information content (AvgIpc) is 2.58. The lowest BCUT2D eigenvalue weighted by molar-refractivity contribution is 0.102. The molecule has 1 amide bonds. The molecule has 2 aromatic carbocycles. The molecule has 0 aliphatic heterocycles. The first-order valence-corrected chi connectivity index (χ1v) is 8.51. The minimum atomic E-state index is -0.207. The first kappa shape index (κ1) is 18.6. The van der Waals surface area contributed by atoms with Crippen molar-refractivity contribution in [1.29, 1.82) is 0 Å². The van der Waals surface area contributed by atoms with Crippen LogP contribution in [0.25, 0.3) is 0 Å². The molecule has 2 aromatic rings. The number of nitrogens with one attached hydrogen (secondary N) is 1. The smallest absolute Gasteiger partial charge is 0.255 e. The fourth-order valence-corrected chi connectivity index (χ4v) is 2.28. The number of hydrogen-bond donors (Lipinski definition) is 1. The van der Waals surface area contributed by atoms with Crippen molar-refractivity contribution < 1.29 is 19.0 Å². The van der Waals surface area contributed by atoms with Crippen LogP contribution in [-0.2, 0) is 0 Å². The van der Waals surface area contributed by atoms with E-state index >= 15 is 0 Å². The van der Waals surface area contributed by atoms with Gasteiger partial charge in [-0.05, 0) is 70.2 Å². The van der Waals surface area contributed by atoms with Gasteiger partial charge in [-0.15, -0.1) is 0 Å². The van der Waals surface area contributed by atoms with Crippen molar-refractivity contribution >= 4 is 11.6 Å². The first-order valence-electron chi connectivity index (χ1n) is 8.51. The molecule has 0 fully saturated rings. The summed E-state index contributed by atoms with van der Waals surface area (Å²) in [6, 6.07) is 12.5. The Hall–Kier alpha value is -2.69. The van der Waals surface area contributed by atoms with Crippen LogP contribution < -0.4 is 19.5 Å². The van der Waals surface area contributed by atoms with Gasteiger partial charge in [0.25, 0.3) is 5.91 Å².